The van der Waals surface area contributed by atoms with Crippen LogP contribution in [-0.4, -0.2) is 18.5 Å². The maximum atomic E-state index is 13.5. The molecule has 0 bridgehead atoms. The molecule has 0 spiro atoms. The van der Waals surface area contributed by atoms with E-state index in [2.05, 4.69) is 21.2 Å². The highest BCUT2D eigenvalue weighted by Gasteiger charge is 2.18. The van der Waals surface area contributed by atoms with Gasteiger partial charge in [0.15, 0.2) is 12.8 Å². The Kier molecular flexibility index (Phi) is 5.05. The second kappa shape index (κ2) is 6.99. The highest BCUT2D eigenvalue weighted by molar-refractivity contribution is 9.10. The minimum Gasteiger partial charge on any atom is -0.618 e. The number of anilines is 1. The number of pyridine rings is 1. The monoisotopic (exact) mass is 368 g/mol. The van der Waals surface area contributed by atoms with Crippen LogP contribution >= 0.6 is 15.9 Å². The summed E-state index contributed by atoms with van der Waals surface area (Å²) >= 11 is 3.09. The lowest BCUT2D eigenvalue weighted by Gasteiger charge is -2.07. The van der Waals surface area contributed by atoms with Crippen molar-refractivity contribution in [2.45, 2.75) is 0 Å². The van der Waals surface area contributed by atoms with Crippen LogP contribution in [-0.2, 0) is 9.53 Å². The Morgan fingerprint density at radius 1 is 1.32 bits per heavy atom. The van der Waals surface area contributed by atoms with Gasteiger partial charge in [-0.1, -0.05) is 15.9 Å². The second-order valence-electron chi connectivity index (χ2n) is 4.16. The molecule has 2 rings (SSSR count). The maximum absolute atomic E-state index is 13.5. The molecule has 1 amide bonds. The molecular weight excluding hydrogens is 359 g/mol. The number of aromatic nitrogens is 1. The van der Waals surface area contributed by atoms with Gasteiger partial charge in [0.1, 0.15) is 5.82 Å². The Morgan fingerprint density at radius 2 is 2.09 bits per heavy atom. The van der Waals surface area contributed by atoms with Crippen LogP contribution in [0.3, 0.4) is 0 Å². The topological polar surface area (TPSA) is 82.3 Å². The van der Waals surface area contributed by atoms with E-state index in [0.717, 1.165) is 6.20 Å². The van der Waals surface area contributed by atoms with Gasteiger partial charge in [0.05, 0.1) is 5.69 Å². The van der Waals surface area contributed by atoms with Crippen LogP contribution in [0.5, 0.6) is 0 Å². The molecule has 6 nitrogen and oxygen atoms in total. The van der Waals surface area contributed by atoms with Gasteiger partial charge in [0, 0.05) is 16.6 Å². The van der Waals surface area contributed by atoms with Gasteiger partial charge in [-0.15, -0.1) is 0 Å². The summed E-state index contributed by atoms with van der Waals surface area (Å²) < 4.78 is 19.1. The number of carbonyl (C=O) groups is 2. The average molecular weight is 369 g/mol. The van der Waals surface area contributed by atoms with Crippen molar-refractivity contribution < 1.29 is 23.4 Å². The molecule has 1 heterocycles. The van der Waals surface area contributed by atoms with Crippen molar-refractivity contribution >= 4 is 33.5 Å². The van der Waals surface area contributed by atoms with Crippen LogP contribution in [0, 0.1) is 11.0 Å². The molecule has 1 N–H and O–H groups in total. The first-order valence-corrected chi connectivity index (χ1v) is 6.87. The van der Waals surface area contributed by atoms with Gasteiger partial charge < -0.3 is 15.3 Å². The SMILES string of the molecule is O=C(COC(=O)c1cccc[n+]1[O-])Nc1ccc(Br)cc1F. The van der Waals surface area contributed by atoms with Crippen LogP contribution < -0.4 is 10.0 Å². The minimum absolute atomic E-state index is 0.0390. The molecule has 0 fully saturated rings. The number of hydrogen-bond donors (Lipinski definition) is 1. The van der Waals surface area contributed by atoms with Crippen molar-refractivity contribution in [1.82, 2.24) is 0 Å². The molecule has 114 valence electrons. The van der Waals surface area contributed by atoms with Gasteiger partial charge in [-0.05, 0) is 24.3 Å². The van der Waals surface area contributed by atoms with Crippen LogP contribution in [0.15, 0.2) is 47.1 Å². The zero-order valence-electron chi connectivity index (χ0n) is 11.1. The first kappa shape index (κ1) is 15.9. The van der Waals surface area contributed by atoms with E-state index in [0.29, 0.717) is 9.20 Å². The second-order valence-corrected chi connectivity index (χ2v) is 5.08. The van der Waals surface area contributed by atoms with Gasteiger partial charge in [-0.3, -0.25) is 4.79 Å². The molecule has 0 aliphatic rings. The lowest BCUT2D eigenvalue weighted by molar-refractivity contribution is -0.608. The Hall–Kier alpha value is -2.48. The molecule has 2 aromatic rings. The van der Waals surface area contributed by atoms with Crippen molar-refractivity contribution in [3.8, 4) is 0 Å². The number of nitrogens with one attached hydrogen (secondary N) is 1. The van der Waals surface area contributed by atoms with Crippen molar-refractivity contribution in [3.63, 3.8) is 0 Å². The van der Waals surface area contributed by atoms with Gasteiger partial charge in [0.25, 0.3) is 5.91 Å². The number of rotatable bonds is 4. The lowest BCUT2D eigenvalue weighted by Crippen LogP contribution is -2.35. The molecule has 0 aliphatic heterocycles. The van der Waals surface area contributed by atoms with Crippen LogP contribution in [0.25, 0.3) is 0 Å². The number of ether oxygens (including phenoxy) is 1. The van der Waals surface area contributed by atoms with E-state index >= 15 is 0 Å². The number of esters is 1. The van der Waals surface area contributed by atoms with Crippen molar-refractivity contribution in [3.05, 3.63) is 63.8 Å². The first-order valence-electron chi connectivity index (χ1n) is 6.07. The predicted molar refractivity (Wildman–Crippen MR) is 78.4 cm³/mol. The van der Waals surface area contributed by atoms with Crippen LogP contribution in [0.4, 0.5) is 10.1 Å². The molecule has 8 heteroatoms. The summed E-state index contributed by atoms with van der Waals surface area (Å²) in [5.41, 5.74) is -0.284. The lowest BCUT2D eigenvalue weighted by atomic mass is 10.3. The Labute approximate surface area is 133 Å². The summed E-state index contributed by atoms with van der Waals surface area (Å²) in [6.45, 7) is -0.636. The fourth-order valence-corrected chi connectivity index (χ4v) is 1.90. The van der Waals surface area contributed by atoms with E-state index < -0.39 is 24.3 Å². The van der Waals surface area contributed by atoms with E-state index in [1.54, 1.807) is 6.07 Å². The van der Waals surface area contributed by atoms with E-state index in [1.165, 1.54) is 30.3 Å². The van der Waals surface area contributed by atoms with Crippen molar-refractivity contribution in [2.24, 2.45) is 0 Å². The summed E-state index contributed by atoms with van der Waals surface area (Å²) in [5.74, 6) is -2.29. The third-order valence-corrected chi connectivity index (χ3v) is 3.07. The molecular formula is C14H10BrFN2O4. The molecule has 0 unspecified atom stereocenters. The smallest absolute Gasteiger partial charge is 0.405 e. The van der Waals surface area contributed by atoms with E-state index in [1.807, 2.05) is 0 Å². The minimum atomic E-state index is -0.943. The fourth-order valence-electron chi connectivity index (χ4n) is 1.57. The third kappa shape index (κ3) is 4.01. The number of amides is 1. The molecule has 0 atom stereocenters. The maximum Gasteiger partial charge on any atom is 0.405 e. The summed E-state index contributed by atoms with van der Waals surface area (Å²) in [7, 11) is 0. The highest BCUT2D eigenvalue weighted by atomic mass is 79.9. The number of carbonyl (C=O) groups excluding carboxylic acids is 2. The quantitative estimate of drug-likeness (QED) is 0.508. The summed E-state index contributed by atoms with van der Waals surface area (Å²) in [6, 6.07) is 8.31. The molecule has 0 aliphatic carbocycles. The number of halogens is 2. The first-order chi connectivity index (χ1) is 10.5. The highest BCUT2D eigenvalue weighted by Crippen LogP contribution is 2.19. The van der Waals surface area contributed by atoms with Gasteiger partial charge in [-0.2, -0.15) is 4.73 Å². The normalized spacial score (nSPS) is 10.1. The molecule has 0 saturated carbocycles. The number of nitrogens with zero attached hydrogens (tertiary/aromatic N) is 1. The van der Waals surface area contributed by atoms with Crippen molar-refractivity contribution in [2.75, 3.05) is 11.9 Å². The zero-order chi connectivity index (χ0) is 16.1. The van der Waals surface area contributed by atoms with Crippen LogP contribution in [0.2, 0.25) is 0 Å². The molecule has 22 heavy (non-hydrogen) atoms. The fraction of sp³-hybridized carbons (Fsp3) is 0.0714. The number of hydrogen-bond acceptors (Lipinski definition) is 4. The Bertz CT molecular complexity index is 724. The largest absolute Gasteiger partial charge is 0.618 e. The average Bonchev–Trinajstić information content (AvgIpc) is 2.48. The Balaban J connectivity index is 1.93. The Morgan fingerprint density at radius 3 is 2.77 bits per heavy atom. The summed E-state index contributed by atoms with van der Waals surface area (Å²) in [6.07, 6.45) is 1.13. The van der Waals surface area contributed by atoms with Gasteiger partial charge in [0.2, 0.25) is 0 Å². The summed E-state index contributed by atoms with van der Waals surface area (Å²) in [4.78, 5) is 23.2. The summed E-state index contributed by atoms with van der Waals surface area (Å²) in [5, 5.41) is 13.6. The molecule has 1 aromatic carbocycles. The molecule has 0 radical (unpaired) electrons. The van der Waals surface area contributed by atoms with Crippen molar-refractivity contribution in [1.29, 1.82) is 0 Å². The van der Waals surface area contributed by atoms with E-state index in [4.69, 9.17) is 4.74 Å². The molecule has 0 saturated heterocycles. The van der Waals surface area contributed by atoms with E-state index in [-0.39, 0.29) is 11.4 Å². The van der Waals surface area contributed by atoms with Crippen LogP contribution in [0.1, 0.15) is 10.5 Å². The van der Waals surface area contributed by atoms with Gasteiger partial charge >= 0.3 is 11.7 Å². The standard InChI is InChI=1S/C14H10BrFN2O4/c15-9-4-5-11(10(16)7-9)17-13(19)8-22-14(20)12-3-1-2-6-18(12)21/h1-7H,8H2,(H,17,19). The third-order valence-electron chi connectivity index (χ3n) is 2.57. The number of benzene rings is 1. The predicted octanol–water partition coefficient (Wildman–Crippen LogP) is 2.02. The zero-order valence-corrected chi connectivity index (χ0v) is 12.7. The molecule has 1 aromatic heterocycles. The van der Waals surface area contributed by atoms with E-state index in [9.17, 15) is 19.2 Å². The van der Waals surface area contributed by atoms with Gasteiger partial charge in [-0.25, -0.2) is 9.18 Å².